The number of aromatic amines is 1. The Labute approximate surface area is 187 Å². The normalized spacial score (nSPS) is 10.6. The number of carbonyl (C=O) groups is 2. The van der Waals surface area contributed by atoms with Crippen LogP contribution in [-0.4, -0.2) is 42.4 Å². The third-order valence-corrected chi connectivity index (χ3v) is 4.79. The second-order valence-corrected chi connectivity index (χ2v) is 7.23. The van der Waals surface area contributed by atoms with Crippen LogP contribution >= 0.6 is 0 Å². The number of rotatable bonds is 7. The molecule has 0 aliphatic rings. The smallest absolute Gasteiger partial charge is 0.270 e. The highest BCUT2D eigenvalue weighted by molar-refractivity contribution is 5.95. The topological polar surface area (TPSA) is 138 Å². The lowest BCUT2D eigenvalue weighted by atomic mass is 10.1. The Bertz CT molecular complexity index is 1280. The van der Waals surface area contributed by atoms with Gasteiger partial charge in [-0.3, -0.25) is 9.59 Å². The van der Waals surface area contributed by atoms with Gasteiger partial charge in [0.1, 0.15) is 23.7 Å². The minimum absolute atomic E-state index is 0.0249. The predicted octanol–water partition coefficient (Wildman–Crippen LogP) is 2.22. The molecule has 0 saturated heterocycles. The molecule has 0 spiro atoms. The number of H-pyrrole nitrogens is 1. The Morgan fingerprint density at radius 2 is 1.82 bits per heavy atom. The molecular formula is C22H19FN8O2. The minimum atomic E-state index is -0.419. The van der Waals surface area contributed by atoms with E-state index in [0.29, 0.717) is 17.0 Å². The number of aromatic nitrogens is 6. The summed E-state index contributed by atoms with van der Waals surface area (Å²) in [5.41, 5.74) is 2.83. The summed E-state index contributed by atoms with van der Waals surface area (Å²) in [7, 11) is 0. The molecule has 0 aliphatic carbocycles. The lowest BCUT2D eigenvalue weighted by Gasteiger charge is -2.08. The molecule has 2 heterocycles. The molecule has 166 valence electrons. The molecule has 10 nitrogen and oxygen atoms in total. The van der Waals surface area contributed by atoms with E-state index in [1.54, 1.807) is 19.1 Å². The Morgan fingerprint density at radius 1 is 1.03 bits per heavy atom. The quantitative estimate of drug-likeness (QED) is 0.396. The first kappa shape index (κ1) is 21.7. The van der Waals surface area contributed by atoms with Gasteiger partial charge in [0, 0.05) is 18.2 Å². The number of carbonyl (C=O) groups excluding carboxylic acids is 2. The molecule has 11 heteroatoms. The van der Waals surface area contributed by atoms with Gasteiger partial charge in [-0.1, -0.05) is 36.4 Å². The first-order chi connectivity index (χ1) is 16.0. The average molecular weight is 446 g/mol. The van der Waals surface area contributed by atoms with Crippen molar-refractivity contribution >= 4 is 17.6 Å². The number of benzene rings is 2. The van der Waals surface area contributed by atoms with Crippen molar-refractivity contribution in [1.29, 1.82) is 0 Å². The summed E-state index contributed by atoms with van der Waals surface area (Å²) in [5.74, 6) is -0.445. The van der Waals surface area contributed by atoms with E-state index in [4.69, 9.17) is 0 Å². The summed E-state index contributed by atoms with van der Waals surface area (Å²) in [5, 5.41) is 19.0. The summed E-state index contributed by atoms with van der Waals surface area (Å²) in [6.45, 7) is 1.93. The standard InChI is InChI=1S/C22H19FN8O2/c1-13-2-3-15(8-17(13)23)9-20(32)27-19-10-18(25-12-26-19)22(33)24-11-14-4-6-16(7-5-14)21-28-30-31-29-21/h2-8,10,12H,9,11H2,1H3,(H,24,33)(H,25,26,27,32)(H,28,29,30,31). The van der Waals surface area contributed by atoms with Crippen molar-refractivity contribution in [3.05, 3.63) is 83.1 Å². The van der Waals surface area contributed by atoms with Crippen molar-refractivity contribution in [3.8, 4) is 11.4 Å². The van der Waals surface area contributed by atoms with Crippen molar-refractivity contribution in [1.82, 2.24) is 35.9 Å². The van der Waals surface area contributed by atoms with Crippen LogP contribution in [0.2, 0.25) is 0 Å². The number of halogens is 1. The number of anilines is 1. The number of tetrazole rings is 1. The van der Waals surface area contributed by atoms with E-state index >= 15 is 0 Å². The molecule has 2 aromatic heterocycles. The van der Waals surface area contributed by atoms with Gasteiger partial charge in [0.15, 0.2) is 5.82 Å². The van der Waals surface area contributed by atoms with Crippen molar-refractivity contribution in [2.24, 2.45) is 0 Å². The minimum Gasteiger partial charge on any atom is -0.347 e. The highest BCUT2D eigenvalue weighted by Gasteiger charge is 2.12. The molecule has 0 atom stereocenters. The number of amides is 2. The van der Waals surface area contributed by atoms with Crippen LogP contribution in [0.15, 0.2) is 54.9 Å². The second-order valence-electron chi connectivity index (χ2n) is 7.23. The van der Waals surface area contributed by atoms with Crippen molar-refractivity contribution in [3.63, 3.8) is 0 Å². The molecule has 0 aliphatic heterocycles. The summed E-state index contributed by atoms with van der Waals surface area (Å²) in [6, 6.07) is 13.4. The fourth-order valence-corrected chi connectivity index (χ4v) is 3.00. The van der Waals surface area contributed by atoms with E-state index < -0.39 is 5.91 Å². The van der Waals surface area contributed by atoms with Gasteiger partial charge in [0.05, 0.1) is 6.42 Å². The van der Waals surface area contributed by atoms with Crippen LogP contribution in [0.1, 0.15) is 27.2 Å². The summed E-state index contributed by atoms with van der Waals surface area (Å²) in [4.78, 5) is 32.7. The van der Waals surface area contributed by atoms with Gasteiger partial charge in [-0.25, -0.2) is 19.5 Å². The van der Waals surface area contributed by atoms with Gasteiger partial charge in [-0.2, -0.15) is 0 Å². The number of hydrogen-bond donors (Lipinski definition) is 3. The third kappa shape index (κ3) is 5.58. The molecule has 3 N–H and O–H groups in total. The summed E-state index contributed by atoms with van der Waals surface area (Å²) >= 11 is 0. The van der Waals surface area contributed by atoms with Gasteiger partial charge < -0.3 is 10.6 Å². The summed E-state index contributed by atoms with van der Waals surface area (Å²) in [6.07, 6.45) is 1.17. The van der Waals surface area contributed by atoms with E-state index in [1.807, 2.05) is 24.3 Å². The molecule has 2 amide bonds. The molecule has 0 fully saturated rings. The molecule has 4 aromatic rings. The van der Waals surface area contributed by atoms with E-state index in [0.717, 1.165) is 11.1 Å². The average Bonchev–Trinajstić information content (AvgIpc) is 3.35. The van der Waals surface area contributed by atoms with Crippen LogP contribution in [0.4, 0.5) is 10.2 Å². The maximum absolute atomic E-state index is 13.7. The van der Waals surface area contributed by atoms with Crippen LogP contribution in [0.3, 0.4) is 0 Å². The lowest BCUT2D eigenvalue weighted by molar-refractivity contribution is -0.115. The fraction of sp³-hybridized carbons (Fsp3) is 0.136. The van der Waals surface area contributed by atoms with Gasteiger partial charge in [0.25, 0.3) is 5.91 Å². The monoisotopic (exact) mass is 446 g/mol. The Hall–Kier alpha value is -4.54. The van der Waals surface area contributed by atoms with Crippen molar-refractivity contribution in [2.45, 2.75) is 19.9 Å². The number of aryl methyl sites for hydroxylation is 1. The SMILES string of the molecule is Cc1ccc(CC(=O)Nc2cc(C(=O)NCc3ccc(-c4nnn[nH]4)cc3)ncn2)cc1F. The highest BCUT2D eigenvalue weighted by atomic mass is 19.1. The van der Waals surface area contributed by atoms with Crippen LogP contribution < -0.4 is 10.6 Å². The Balaban J connectivity index is 1.33. The van der Waals surface area contributed by atoms with Crippen LogP contribution in [0.25, 0.3) is 11.4 Å². The van der Waals surface area contributed by atoms with Gasteiger partial charge in [0.2, 0.25) is 5.91 Å². The van der Waals surface area contributed by atoms with E-state index in [-0.39, 0.29) is 36.2 Å². The molecule has 2 aromatic carbocycles. The molecule has 0 unspecified atom stereocenters. The first-order valence-corrected chi connectivity index (χ1v) is 9.96. The van der Waals surface area contributed by atoms with Crippen molar-refractivity contribution < 1.29 is 14.0 Å². The molecule has 0 bridgehead atoms. The van der Waals surface area contributed by atoms with Crippen LogP contribution in [-0.2, 0) is 17.8 Å². The molecule has 33 heavy (non-hydrogen) atoms. The zero-order valence-electron chi connectivity index (χ0n) is 17.5. The first-order valence-electron chi connectivity index (χ1n) is 9.96. The summed E-state index contributed by atoms with van der Waals surface area (Å²) < 4.78 is 13.7. The van der Waals surface area contributed by atoms with E-state index in [2.05, 4.69) is 41.2 Å². The van der Waals surface area contributed by atoms with Crippen LogP contribution in [0.5, 0.6) is 0 Å². The largest absolute Gasteiger partial charge is 0.347 e. The van der Waals surface area contributed by atoms with E-state index in [9.17, 15) is 14.0 Å². The molecular weight excluding hydrogens is 427 g/mol. The number of nitrogens with one attached hydrogen (secondary N) is 3. The second kappa shape index (κ2) is 9.73. The zero-order chi connectivity index (χ0) is 23.2. The third-order valence-electron chi connectivity index (χ3n) is 4.79. The predicted molar refractivity (Wildman–Crippen MR) is 116 cm³/mol. The highest BCUT2D eigenvalue weighted by Crippen LogP contribution is 2.14. The Morgan fingerprint density at radius 3 is 2.55 bits per heavy atom. The van der Waals surface area contributed by atoms with E-state index in [1.165, 1.54) is 18.5 Å². The maximum atomic E-state index is 13.7. The van der Waals surface area contributed by atoms with Gasteiger partial charge >= 0.3 is 0 Å². The number of hydrogen-bond acceptors (Lipinski definition) is 7. The number of nitrogens with zero attached hydrogens (tertiary/aromatic N) is 5. The van der Waals surface area contributed by atoms with Gasteiger partial charge in [-0.05, 0) is 40.1 Å². The Kier molecular flexibility index (Phi) is 6.39. The van der Waals surface area contributed by atoms with Crippen LogP contribution in [0, 0.1) is 12.7 Å². The maximum Gasteiger partial charge on any atom is 0.270 e. The lowest BCUT2D eigenvalue weighted by Crippen LogP contribution is -2.24. The van der Waals surface area contributed by atoms with Gasteiger partial charge in [-0.15, -0.1) is 5.10 Å². The molecule has 0 saturated carbocycles. The molecule has 0 radical (unpaired) electrons. The zero-order valence-corrected chi connectivity index (χ0v) is 17.5. The fourth-order valence-electron chi connectivity index (χ4n) is 3.00. The molecule has 4 rings (SSSR count). The van der Waals surface area contributed by atoms with Crippen molar-refractivity contribution in [2.75, 3.05) is 5.32 Å².